The molecule has 3 aromatic carbocycles. The predicted octanol–water partition coefficient (Wildman–Crippen LogP) is 7.25. The number of nitrogens with two attached hydrogens (primary N) is 1. The molecular weight excluding hydrogens is 1040 g/mol. The lowest BCUT2D eigenvalue weighted by Crippen LogP contribution is -2.47. The van der Waals surface area contributed by atoms with Crippen LogP contribution in [-0.2, 0) is 22.4 Å². The average Bonchev–Trinajstić information content (AvgIpc) is 4.19. The molecule has 2 unspecified atom stereocenters. The van der Waals surface area contributed by atoms with Crippen LogP contribution in [0.3, 0.4) is 0 Å². The molecule has 0 saturated carbocycles. The van der Waals surface area contributed by atoms with Gasteiger partial charge in [0.05, 0.1) is 17.0 Å². The number of piperazine rings is 2. The molecule has 4 N–H and O–H groups in total. The van der Waals surface area contributed by atoms with E-state index >= 15 is 0 Å². The Morgan fingerprint density at radius 3 is 1.64 bits per heavy atom. The maximum atomic E-state index is 13.5. The van der Waals surface area contributed by atoms with Gasteiger partial charge in [0.25, 0.3) is 5.91 Å². The van der Waals surface area contributed by atoms with Crippen LogP contribution in [0.4, 0.5) is 29.5 Å². The fourth-order valence-corrected chi connectivity index (χ4v) is 11.5. The number of halogens is 4. The highest BCUT2D eigenvalue weighted by Gasteiger charge is 2.42. The Kier molecular flexibility index (Phi) is 17.3. The first-order valence-electron chi connectivity index (χ1n) is 27.7. The van der Waals surface area contributed by atoms with Gasteiger partial charge in [-0.05, 0) is 140 Å². The number of hydrogen-bond acceptors (Lipinski definition) is 15. The first-order chi connectivity index (χ1) is 38.7. The molecule has 3 aliphatic heterocycles. The molecule has 7 aliphatic rings. The van der Waals surface area contributed by atoms with Crippen LogP contribution in [0.2, 0.25) is 0 Å². The number of anilines is 2. The summed E-state index contributed by atoms with van der Waals surface area (Å²) in [5.41, 5.74) is 14.2. The van der Waals surface area contributed by atoms with Gasteiger partial charge in [0, 0.05) is 72.0 Å². The minimum atomic E-state index is -0.869. The first-order valence-corrected chi connectivity index (χ1v) is 27.7. The van der Waals surface area contributed by atoms with E-state index in [9.17, 15) is 37.1 Å². The lowest BCUT2D eigenvalue weighted by Gasteiger charge is -2.34. The summed E-state index contributed by atoms with van der Waals surface area (Å²) >= 11 is 0. The second-order valence-corrected chi connectivity index (χ2v) is 21.5. The third kappa shape index (κ3) is 12.4. The van der Waals surface area contributed by atoms with Crippen molar-refractivity contribution in [1.82, 2.24) is 45.5 Å². The van der Waals surface area contributed by atoms with Crippen LogP contribution in [0.5, 0.6) is 11.5 Å². The van der Waals surface area contributed by atoms with E-state index < -0.39 is 41.1 Å². The predicted molar refractivity (Wildman–Crippen MR) is 290 cm³/mol. The van der Waals surface area contributed by atoms with Gasteiger partial charge in [-0.2, -0.15) is 0 Å². The minimum Gasteiger partial charge on any atom is -0.480 e. The SMILES string of the molecule is CC(C)CNC(=O)C1C2=C(CCCC2)c2nnc(N3CCN(CCc4ccc(F)c(F)c4)CC3)nc21.NC(=O)c1cccc2c1OCO2.O=C(O)C1C2=C(CCCC2)c2nnc(N3CCN(CCc4ccc(F)c(F)c4)CC3)nc21. The van der Waals surface area contributed by atoms with E-state index in [2.05, 4.69) is 59.2 Å². The van der Waals surface area contributed by atoms with Crippen molar-refractivity contribution in [3.8, 4) is 11.5 Å². The third-order valence-corrected chi connectivity index (χ3v) is 15.8. The lowest BCUT2D eigenvalue weighted by molar-refractivity contribution is -0.138. The number of hydrogen-bond donors (Lipinski definition) is 3. The van der Waals surface area contributed by atoms with Crippen molar-refractivity contribution in [2.75, 3.05) is 88.6 Å². The monoisotopic (exact) mass is 1100 g/mol. The van der Waals surface area contributed by atoms with Crippen molar-refractivity contribution in [3.05, 3.63) is 128 Å². The maximum absolute atomic E-state index is 13.5. The number of carboxylic acid groups (broad SMARTS) is 1. The smallest absolute Gasteiger partial charge is 0.316 e. The Labute approximate surface area is 461 Å². The Bertz CT molecular complexity index is 3200. The van der Waals surface area contributed by atoms with Crippen molar-refractivity contribution >= 4 is 40.8 Å². The normalized spacial score (nSPS) is 19.3. The highest BCUT2D eigenvalue weighted by atomic mass is 19.2. The zero-order chi connectivity index (χ0) is 56.0. The molecule has 2 amide bonds. The van der Waals surface area contributed by atoms with Gasteiger partial charge in [-0.25, -0.2) is 27.5 Å². The van der Waals surface area contributed by atoms with E-state index in [1.165, 1.54) is 29.3 Å². The van der Waals surface area contributed by atoms with Gasteiger partial charge in [0.2, 0.25) is 24.6 Å². The number of aromatic nitrogens is 6. The molecule has 12 rings (SSSR count). The van der Waals surface area contributed by atoms with Crippen molar-refractivity contribution < 1.29 is 46.5 Å². The first kappa shape index (κ1) is 55.7. The van der Waals surface area contributed by atoms with Crippen molar-refractivity contribution in [3.63, 3.8) is 0 Å². The molecule has 2 aromatic heterocycles. The number of allylic oxidation sites excluding steroid dienone is 2. The number of amides is 2. The van der Waals surface area contributed by atoms with E-state index in [0.29, 0.717) is 78.7 Å². The van der Waals surface area contributed by atoms with Gasteiger partial charge in [-0.1, -0.05) is 32.0 Å². The fourth-order valence-electron chi connectivity index (χ4n) is 11.5. The summed E-state index contributed by atoms with van der Waals surface area (Å²) in [4.78, 5) is 54.4. The minimum absolute atomic E-state index is 0.0188. The standard InChI is InChI=1S/C27H34F2N6O.C23H25F2N5O2.C8H7NO3/c1-17(2)16-30-26(36)23-19-5-3-4-6-20(19)24-25(23)31-27(33-32-24)35-13-11-34(12-14-35)10-9-18-7-8-21(28)22(29)15-18;24-17-6-5-14(13-18(17)25)7-8-29-9-11-30(12-10-29)23-26-21-19(22(31)32)15-3-1-2-4-16(15)20(21)27-28-23;9-8(10)5-2-1-3-6-7(5)12-4-11-6/h7-8,15,17,23H,3-6,9-14,16H2,1-2H3,(H,30,36);5-6,13,19H,1-4,7-12H2,(H,31,32);1-3H,4H2,(H2,9,10). The molecule has 22 heteroatoms. The van der Waals surface area contributed by atoms with Gasteiger partial charge < -0.3 is 35.4 Å². The van der Waals surface area contributed by atoms with Gasteiger partial charge in [0.15, 0.2) is 34.8 Å². The highest BCUT2D eigenvalue weighted by molar-refractivity contribution is 5.97. The number of nitrogens with one attached hydrogen (secondary N) is 1. The van der Waals surface area contributed by atoms with Crippen LogP contribution >= 0.6 is 0 Å². The number of rotatable bonds is 13. The summed E-state index contributed by atoms with van der Waals surface area (Å²) < 4.78 is 63.3. The number of carbonyl (C=O) groups excluding carboxylic acids is 2. The lowest BCUT2D eigenvalue weighted by atomic mass is 9.88. The largest absolute Gasteiger partial charge is 0.480 e. The number of fused-ring (bicyclic) bond motifs is 5. The molecule has 80 heavy (non-hydrogen) atoms. The molecule has 5 heterocycles. The quantitative estimate of drug-likeness (QED) is 0.0989. The number of primary amides is 1. The van der Waals surface area contributed by atoms with Gasteiger partial charge in [-0.15, -0.1) is 20.4 Å². The third-order valence-electron chi connectivity index (χ3n) is 15.8. The van der Waals surface area contributed by atoms with Crippen LogP contribution in [0.25, 0.3) is 11.1 Å². The zero-order valence-corrected chi connectivity index (χ0v) is 45.0. The Balaban J connectivity index is 0.000000150. The number of carbonyl (C=O) groups is 3. The number of ether oxygens (including phenoxy) is 2. The van der Waals surface area contributed by atoms with E-state index in [1.807, 2.05) is 4.90 Å². The number of aliphatic carboxylic acids is 1. The summed E-state index contributed by atoms with van der Waals surface area (Å²) in [6.45, 7) is 12.6. The fraction of sp³-hybridized carbons (Fsp3) is 0.466. The van der Waals surface area contributed by atoms with Crippen LogP contribution < -0.4 is 30.3 Å². The highest BCUT2D eigenvalue weighted by Crippen LogP contribution is 2.48. The summed E-state index contributed by atoms with van der Waals surface area (Å²) in [5.74, 6) is -3.20. The summed E-state index contributed by atoms with van der Waals surface area (Å²) in [7, 11) is 0. The molecular formula is C58H66F4N12O6. The van der Waals surface area contributed by atoms with Gasteiger partial charge >= 0.3 is 5.97 Å². The zero-order valence-electron chi connectivity index (χ0n) is 45.0. The maximum Gasteiger partial charge on any atom is 0.316 e. The van der Waals surface area contributed by atoms with Gasteiger partial charge in [0.1, 0.15) is 23.2 Å². The molecule has 18 nitrogen and oxygen atoms in total. The van der Waals surface area contributed by atoms with E-state index in [4.69, 9.17) is 20.2 Å². The molecule has 0 bridgehead atoms. The topological polar surface area (TPSA) is 218 Å². The number of carboxylic acids is 1. The Morgan fingerprint density at radius 2 is 1.15 bits per heavy atom. The number of benzene rings is 3. The van der Waals surface area contributed by atoms with Crippen LogP contribution in [0.15, 0.2) is 65.7 Å². The number of para-hydroxylation sites is 1. The number of nitrogens with zero attached hydrogens (tertiary/aromatic N) is 10. The summed E-state index contributed by atoms with van der Waals surface area (Å²) in [6.07, 6.45) is 9.03. The van der Waals surface area contributed by atoms with Crippen molar-refractivity contribution in [2.24, 2.45) is 11.7 Å². The van der Waals surface area contributed by atoms with Crippen molar-refractivity contribution in [2.45, 2.75) is 89.9 Å². The second kappa shape index (κ2) is 24.8. The van der Waals surface area contributed by atoms with Crippen molar-refractivity contribution in [1.29, 1.82) is 0 Å². The van der Waals surface area contributed by atoms with Crippen LogP contribution in [-0.4, -0.2) is 142 Å². The Morgan fingerprint density at radius 1 is 0.650 bits per heavy atom. The average molecular weight is 1100 g/mol. The van der Waals surface area contributed by atoms with Gasteiger partial charge in [-0.3, -0.25) is 24.2 Å². The molecule has 2 atom stereocenters. The summed E-state index contributed by atoms with van der Waals surface area (Å²) in [6, 6.07) is 13.2. The Hall–Kier alpha value is -7.59. The molecule has 422 valence electrons. The second-order valence-electron chi connectivity index (χ2n) is 21.5. The van der Waals surface area contributed by atoms with Crippen LogP contribution in [0.1, 0.15) is 121 Å². The van der Waals surface area contributed by atoms with E-state index in [1.54, 1.807) is 30.3 Å². The van der Waals surface area contributed by atoms with E-state index in [0.717, 1.165) is 143 Å². The van der Waals surface area contributed by atoms with E-state index in [-0.39, 0.29) is 18.6 Å². The molecule has 5 aromatic rings. The molecule has 4 aliphatic carbocycles. The molecule has 0 radical (unpaired) electrons. The molecule has 2 saturated heterocycles. The molecule has 2 fully saturated rings. The van der Waals surface area contributed by atoms with Crippen LogP contribution in [0, 0.1) is 29.2 Å². The summed E-state index contributed by atoms with van der Waals surface area (Å²) in [5, 5.41) is 30.7. The molecule has 0 spiro atoms.